The minimum Gasteiger partial charge on any atom is -0.490 e. The standard InChI is InChI=1S/C13H22N4O2/c1-3-6-14-12-11(19-2)13(16-9-15-12)17-7-4-10(18)5-8-17/h9-10,18H,3-8H2,1-2H3,(H,14,15,16). The molecule has 0 atom stereocenters. The van der Waals surface area contributed by atoms with Crippen LogP contribution in [0.1, 0.15) is 26.2 Å². The molecule has 1 fully saturated rings. The Morgan fingerprint density at radius 2 is 2.16 bits per heavy atom. The number of nitrogens with zero attached hydrogens (tertiary/aromatic N) is 3. The van der Waals surface area contributed by atoms with Crippen molar-refractivity contribution in [1.82, 2.24) is 9.97 Å². The second kappa shape index (κ2) is 6.56. The lowest BCUT2D eigenvalue weighted by atomic mass is 10.1. The first-order chi connectivity index (χ1) is 9.26. The number of piperidine rings is 1. The second-order valence-electron chi connectivity index (χ2n) is 4.72. The van der Waals surface area contributed by atoms with E-state index in [4.69, 9.17) is 4.74 Å². The van der Waals surface area contributed by atoms with Gasteiger partial charge in [0.25, 0.3) is 0 Å². The van der Waals surface area contributed by atoms with Crippen molar-refractivity contribution in [2.75, 3.05) is 37.0 Å². The van der Waals surface area contributed by atoms with Crippen molar-refractivity contribution in [3.63, 3.8) is 0 Å². The number of nitrogens with one attached hydrogen (secondary N) is 1. The first kappa shape index (κ1) is 13.9. The molecule has 106 valence electrons. The minimum absolute atomic E-state index is 0.193. The molecule has 2 heterocycles. The van der Waals surface area contributed by atoms with Crippen LogP contribution in [0.15, 0.2) is 6.33 Å². The Balaban J connectivity index is 2.19. The van der Waals surface area contributed by atoms with Gasteiger partial charge in [-0.1, -0.05) is 6.92 Å². The lowest BCUT2D eigenvalue weighted by Crippen LogP contribution is -2.36. The van der Waals surface area contributed by atoms with Crippen LogP contribution >= 0.6 is 0 Å². The highest BCUT2D eigenvalue weighted by Crippen LogP contribution is 2.33. The molecule has 1 aliphatic heterocycles. The summed E-state index contributed by atoms with van der Waals surface area (Å²) in [7, 11) is 1.64. The van der Waals surface area contributed by atoms with Crippen molar-refractivity contribution in [3.8, 4) is 5.75 Å². The number of rotatable bonds is 5. The van der Waals surface area contributed by atoms with Crippen molar-refractivity contribution in [2.24, 2.45) is 0 Å². The van der Waals surface area contributed by atoms with Crippen LogP contribution < -0.4 is 15.0 Å². The first-order valence-corrected chi connectivity index (χ1v) is 6.82. The summed E-state index contributed by atoms with van der Waals surface area (Å²) >= 11 is 0. The van der Waals surface area contributed by atoms with Crippen LogP contribution in [0.3, 0.4) is 0 Å². The van der Waals surface area contributed by atoms with E-state index < -0.39 is 0 Å². The van der Waals surface area contributed by atoms with Crippen LogP contribution in [0.2, 0.25) is 0 Å². The van der Waals surface area contributed by atoms with Crippen molar-refractivity contribution in [1.29, 1.82) is 0 Å². The smallest absolute Gasteiger partial charge is 0.204 e. The summed E-state index contributed by atoms with van der Waals surface area (Å²) in [6.07, 6.45) is 3.93. The number of aliphatic hydroxyl groups is 1. The van der Waals surface area contributed by atoms with Gasteiger partial charge in [0.2, 0.25) is 5.75 Å². The number of ether oxygens (including phenoxy) is 1. The summed E-state index contributed by atoms with van der Waals surface area (Å²) < 4.78 is 5.46. The van der Waals surface area contributed by atoms with Crippen LogP contribution in [0.4, 0.5) is 11.6 Å². The maximum Gasteiger partial charge on any atom is 0.204 e. The summed E-state index contributed by atoms with van der Waals surface area (Å²) in [6, 6.07) is 0. The van der Waals surface area contributed by atoms with Crippen LogP contribution in [0.5, 0.6) is 5.75 Å². The molecule has 2 N–H and O–H groups in total. The monoisotopic (exact) mass is 266 g/mol. The Hall–Kier alpha value is -1.56. The van der Waals surface area contributed by atoms with Gasteiger partial charge in [0.05, 0.1) is 13.2 Å². The highest BCUT2D eigenvalue weighted by molar-refractivity contribution is 5.64. The van der Waals surface area contributed by atoms with Gasteiger partial charge in [-0.15, -0.1) is 0 Å². The summed E-state index contributed by atoms with van der Waals surface area (Å²) in [5.41, 5.74) is 0. The largest absolute Gasteiger partial charge is 0.490 e. The van der Waals surface area contributed by atoms with E-state index in [0.717, 1.165) is 50.5 Å². The Morgan fingerprint density at radius 1 is 1.42 bits per heavy atom. The molecule has 0 aliphatic carbocycles. The van der Waals surface area contributed by atoms with Crippen molar-refractivity contribution in [2.45, 2.75) is 32.3 Å². The first-order valence-electron chi connectivity index (χ1n) is 6.82. The van der Waals surface area contributed by atoms with E-state index in [1.807, 2.05) is 0 Å². The summed E-state index contributed by atoms with van der Waals surface area (Å²) in [4.78, 5) is 10.7. The quantitative estimate of drug-likeness (QED) is 0.836. The predicted molar refractivity (Wildman–Crippen MR) is 74.8 cm³/mol. The van der Waals surface area contributed by atoms with E-state index in [1.54, 1.807) is 13.4 Å². The number of anilines is 2. The molecule has 0 bridgehead atoms. The average Bonchev–Trinajstić information content (AvgIpc) is 2.45. The molecular formula is C13H22N4O2. The van der Waals surface area contributed by atoms with Gasteiger partial charge in [-0.05, 0) is 19.3 Å². The number of methoxy groups -OCH3 is 1. The molecule has 0 radical (unpaired) electrons. The van der Waals surface area contributed by atoms with Gasteiger partial charge in [-0.25, -0.2) is 9.97 Å². The molecular weight excluding hydrogens is 244 g/mol. The number of hydrogen-bond acceptors (Lipinski definition) is 6. The molecule has 1 aromatic rings. The normalized spacial score (nSPS) is 16.5. The SMILES string of the molecule is CCCNc1ncnc(N2CCC(O)CC2)c1OC. The lowest BCUT2D eigenvalue weighted by Gasteiger charge is -2.31. The van der Waals surface area contributed by atoms with E-state index in [2.05, 4.69) is 27.1 Å². The van der Waals surface area contributed by atoms with Crippen molar-refractivity contribution in [3.05, 3.63) is 6.33 Å². The maximum absolute atomic E-state index is 9.57. The van der Waals surface area contributed by atoms with Gasteiger partial charge in [-0.3, -0.25) is 0 Å². The molecule has 6 heteroatoms. The molecule has 0 amide bonds. The fraction of sp³-hybridized carbons (Fsp3) is 0.692. The van der Waals surface area contributed by atoms with Gasteiger partial charge in [0.1, 0.15) is 6.33 Å². The maximum atomic E-state index is 9.57. The van der Waals surface area contributed by atoms with Gasteiger partial charge >= 0.3 is 0 Å². The summed E-state index contributed by atoms with van der Waals surface area (Å²) in [5.74, 6) is 2.23. The highest BCUT2D eigenvalue weighted by Gasteiger charge is 2.22. The Morgan fingerprint density at radius 3 is 2.79 bits per heavy atom. The molecule has 1 aromatic heterocycles. The third kappa shape index (κ3) is 3.26. The van der Waals surface area contributed by atoms with E-state index >= 15 is 0 Å². The Kier molecular flexibility index (Phi) is 4.79. The van der Waals surface area contributed by atoms with Crippen LogP contribution in [0.25, 0.3) is 0 Å². The predicted octanol–water partition coefficient (Wildman–Crippen LogP) is 1.27. The molecule has 0 spiro atoms. The van der Waals surface area contributed by atoms with Gasteiger partial charge in [0, 0.05) is 19.6 Å². The van der Waals surface area contributed by atoms with Crippen molar-refractivity contribution < 1.29 is 9.84 Å². The minimum atomic E-state index is -0.193. The zero-order chi connectivity index (χ0) is 13.7. The Bertz CT molecular complexity index is 406. The number of hydrogen-bond donors (Lipinski definition) is 2. The van der Waals surface area contributed by atoms with Gasteiger partial charge < -0.3 is 20.1 Å². The molecule has 1 saturated heterocycles. The molecule has 19 heavy (non-hydrogen) atoms. The van der Waals surface area contributed by atoms with Crippen LogP contribution in [0, 0.1) is 0 Å². The lowest BCUT2D eigenvalue weighted by molar-refractivity contribution is 0.145. The fourth-order valence-corrected chi connectivity index (χ4v) is 2.22. The summed E-state index contributed by atoms with van der Waals surface area (Å²) in [6.45, 7) is 4.54. The second-order valence-corrected chi connectivity index (χ2v) is 4.72. The van der Waals surface area contributed by atoms with E-state index in [-0.39, 0.29) is 6.10 Å². The zero-order valence-electron chi connectivity index (χ0n) is 11.6. The average molecular weight is 266 g/mol. The number of aromatic nitrogens is 2. The topological polar surface area (TPSA) is 70.5 Å². The van der Waals surface area contributed by atoms with Gasteiger partial charge in [0.15, 0.2) is 11.6 Å². The number of aliphatic hydroxyl groups excluding tert-OH is 1. The molecule has 1 aliphatic rings. The molecule has 6 nitrogen and oxygen atoms in total. The Labute approximate surface area is 113 Å². The van der Waals surface area contributed by atoms with E-state index in [0.29, 0.717) is 5.75 Å². The van der Waals surface area contributed by atoms with E-state index in [1.165, 1.54) is 0 Å². The molecule has 0 aromatic carbocycles. The third-order valence-electron chi connectivity index (χ3n) is 3.30. The highest BCUT2D eigenvalue weighted by atomic mass is 16.5. The third-order valence-corrected chi connectivity index (χ3v) is 3.30. The summed E-state index contributed by atoms with van der Waals surface area (Å²) in [5, 5.41) is 12.8. The van der Waals surface area contributed by atoms with Crippen LogP contribution in [-0.4, -0.2) is 47.9 Å². The molecule has 0 saturated carbocycles. The fourth-order valence-electron chi connectivity index (χ4n) is 2.22. The van der Waals surface area contributed by atoms with Crippen LogP contribution in [-0.2, 0) is 0 Å². The molecule has 0 unspecified atom stereocenters. The van der Waals surface area contributed by atoms with Gasteiger partial charge in [-0.2, -0.15) is 0 Å². The van der Waals surface area contributed by atoms with Crippen molar-refractivity contribution >= 4 is 11.6 Å². The molecule has 2 rings (SSSR count). The van der Waals surface area contributed by atoms with E-state index in [9.17, 15) is 5.11 Å². The zero-order valence-corrected chi connectivity index (χ0v) is 11.6.